The molecule has 21 heavy (non-hydrogen) atoms. The van der Waals surface area contributed by atoms with E-state index in [1.807, 2.05) is 0 Å². The molecule has 118 valence electrons. The van der Waals surface area contributed by atoms with Crippen molar-refractivity contribution in [3.63, 3.8) is 0 Å². The fraction of sp³-hybridized carbons (Fsp3) is 0.688. The summed E-state index contributed by atoms with van der Waals surface area (Å²) in [7, 11) is 4.13. The molecule has 2 atom stereocenters. The van der Waals surface area contributed by atoms with Crippen LogP contribution in [-0.2, 0) is 4.79 Å². The lowest BCUT2D eigenvalue weighted by Crippen LogP contribution is -2.51. The van der Waals surface area contributed by atoms with Gasteiger partial charge in [-0.15, -0.1) is 11.3 Å². The zero-order chi connectivity index (χ0) is 15.3. The summed E-state index contributed by atoms with van der Waals surface area (Å²) in [6.07, 6.45) is 2.98. The maximum atomic E-state index is 12.7. The normalized spacial score (nSPS) is 24.0. The summed E-state index contributed by atoms with van der Waals surface area (Å²) >= 11 is 1.75. The van der Waals surface area contributed by atoms with Crippen LogP contribution in [0.1, 0.15) is 37.1 Å². The fourth-order valence-electron chi connectivity index (χ4n) is 3.02. The van der Waals surface area contributed by atoms with Crippen molar-refractivity contribution in [3.8, 4) is 0 Å². The molecule has 0 aromatic carbocycles. The first-order valence-corrected chi connectivity index (χ1v) is 8.66. The zero-order valence-corrected chi connectivity index (χ0v) is 14.1. The summed E-state index contributed by atoms with van der Waals surface area (Å²) in [5.41, 5.74) is -0.218. The van der Waals surface area contributed by atoms with Gasteiger partial charge in [-0.25, -0.2) is 0 Å². The van der Waals surface area contributed by atoms with Gasteiger partial charge in [-0.3, -0.25) is 4.79 Å². The van der Waals surface area contributed by atoms with Gasteiger partial charge in [-0.05, 0) is 51.3 Å². The minimum absolute atomic E-state index is 0.209. The molecule has 1 aliphatic heterocycles. The van der Waals surface area contributed by atoms with Crippen molar-refractivity contribution < 1.29 is 4.79 Å². The van der Waals surface area contributed by atoms with Gasteiger partial charge in [0.2, 0.25) is 5.91 Å². The van der Waals surface area contributed by atoms with Gasteiger partial charge in [0.15, 0.2) is 0 Å². The molecule has 1 amide bonds. The van der Waals surface area contributed by atoms with Crippen LogP contribution in [0.5, 0.6) is 0 Å². The second-order valence-electron chi connectivity index (χ2n) is 6.12. The van der Waals surface area contributed by atoms with Crippen LogP contribution in [0, 0.1) is 5.41 Å². The average molecular weight is 309 g/mol. The number of rotatable bonds is 6. The molecule has 0 radical (unpaired) electrons. The standard InChI is InChI=1S/C16H27N3OS/c1-4-16(8-6-9-17-12-16)15(20)18-11-13(19(2)3)14-7-5-10-21-14/h5,7,10,13,17H,4,6,8-9,11-12H2,1-3H3,(H,18,20). The molecule has 0 saturated carbocycles. The number of carbonyl (C=O) groups is 1. The highest BCUT2D eigenvalue weighted by molar-refractivity contribution is 7.10. The lowest BCUT2D eigenvalue weighted by molar-refractivity contribution is -0.132. The average Bonchev–Trinajstić information content (AvgIpc) is 3.01. The van der Waals surface area contributed by atoms with Crippen LogP contribution in [0.3, 0.4) is 0 Å². The number of nitrogens with zero attached hydrogens (tertiary/aromatic N) is 1. The Balaban J connectivity index is 1.98. The first kappa shape index (κ1) is 16.5. The third kappa shape index (κ3) is 3.84. The maximum absolute atomic E-state index is 12.7. The molecule has 0 bridgehead atoms. The van der Waals surface area contributed by atoms with E-state index in [0.717, 1.165) is 32.4 Å². The van der Waals surface area contributed by atoms with Crippen LogP contribution in [0.15, 0.2) is 17.5 Å². The lowest BCUT2D eigenvalue weighted by atomic mass is 9.77. The Morgan fingerprint density at radius 1 is 1.57 bits per heavy atom. The van der Waals surface area contributed by atoms with E-state index in [0.29, 0.717) is 6.54 Å². The molecule has 2 rings (SSSR count). The van der Waals surface area contributed by atoms with Crippen molar-refractivity contribution in [1.82, 2.24) is 15.5 Å². The number of likely N-dealkylation sites (N-methyl/N-ethyl adjacent to an activating group) is 1. The molecule has 1 fully saturated rings. The van der Waals surface area contributed by atoms with Crippen LogP contribution in [0.25, 0.3) is 0 Å². The quantitative estimate of drug-likeness (QED) is 0.847. The molecule has 1 saturated heterocycles. The van der Waals surface area contributed by atoms with Gasteiger partial charge >= 0.3 is 0 Å². The third-order valence-corrected chi connectivity index (χ3v) is 5.56. The molecule has 5 heteroatoms. The second kappa shape index (κ2) is 7.38. The highest BCUT2D eigenvalue weighted by Crippen LogP contribution is 2.30. The molecule has 0 spiro atoms. The molecule has 2 unspecified atom stereocenters. The van der Waals surface area contributed by atoms with E-state index in [2.05, 4.69) is 54.1 Å². The number of hydrogen-bond acceptors (Lipinski definition) is 4. The van der Waals surface area contributed by atoms with E-state index >= 15 is 0 Å². The molecule has 1 aliphatic rings. The van der Waals surface area contributed by atoms with Gasteiger partial charge in [0, 0.05) is 18.0 Å². The first-order valence-electron chi connectivity index (χ1n) is 7.78. The van der Waals surface area contributed by atoms with Crippen molar-refractivity contribution in [1.29, 1.82) is 0 Å². The second-order valence-corrected chi connectivity index (χ2v) is 7.10. The van der Waals surface area contributed by atoms with Gasteiger partial charge in [0.1, 0.15) is 0 Å². The molecule has 2 N–H and O–H groups in total. The zero-order valence-electron chi connectivity index (χ0n) is 13.3. The Bertz CT molecular complexity index is 438. The monoisotopic (exact) mass is 309 g/mol. The van der Waals surface area contributed by atoms with Crippen LogP contribution < -0.4 is 10.6 Å². The summed E-state index contributed by atoms with van der Waals surface area (Å²) in [6, 6.07) is 4.45. The SMILES string of the molecule is CCC1(C(=O)NCC(c2cccs2)N(C)C)CCCNC1. The van der Waals surface area contributed by atoms with Gasteiger partial charge in [-0.2, -0.15) is 0 Å². The van der Waals surface area contributed by atoms with E-state index in [4.69, 9.17) is 0 Å². The highest BCUT2D eigenvalue weighted by atomic mass is 32.1. The van der Waals surface area contributed by atoms with Crippen LogP contribution >= 0.6 is 11.3 Å². The van der Waals surface area contributed by atoms with Gasteiger partial charge in [-0.1, -0.05) is 13.0 Å². The summed E-state index contributed by atoms with van der Waals surface area (Å²) in [5, 5.41) is 8.67. The van der Waals surface area contributed by atoms with Crippen molar-refractivity contribution in [3.05, 3.63) is 22.4 Å². The number of carbonyl (C=O) groups excluding carboxylic acids is 1. The number of piperidine rings is 1. The third-order valence-electron chi connectivity index (χ3n) is 4.58. The Kier molecular flexibility index (Phi) is 5.79. The Hall–Kier alpha value is -0.910. The van der Waals surface area contributed by atoms with Crippen LogP contribution in [0.4, 0.5) is 0 Å². The van der Waals surface area contributed by atoms with Crippen molar-refractivity contribution in [2.45, 2.75) is 32.2 Å². The summed E-state index contributed by atoms with van der Waals surface area (Å²) in [5.74, 6) is 0.209. The number of thiophene rings is 1. The van der Waals surface area contributed by atoms with E-state index in [9.17, 15) is 4.79 Å². The summed E-state index contributed by atoms with van der Waals surface area (Å²) in [4.78, 5) is 16.2. The minimum Gasteiger partial charge on any atom is -0.354 e. The fourth-order valence-corrected chi connectivity index (χ4v) is 3.94. The number of nitrogens with one attached hydrogen (secondary N) is 2. The van der Waals surface area contributed by atoms with Crippen molar-refractivity contribution in [2.75, 3.05) is 33.7 Å². The van der Waals surface area contributed by atoms with Crippen LogP contribution in [0.2, 0.25) is 0 Å². The van der Waals surface area contributed by atoms with Crippen molar-refractivity contribution in [2.24, 2.45) is 5.41 Å². The Morgan fingerprint density at radius 3 is 2.90 bits per heavy atom. The van der Waals surface area contributed by atoms with Gasteiger partial charge in [0.25, 0.3) is 0 Å². The minimum atomic E-state index is -0.218. The Labute approximate surface area is 131 Å². The summed E-state index contributed by atoms with van der Waals surface area (Å²) in [6.45, 7) is 4.63. The van der Waals surface area contributed by atoms with Gasteiger partial charge in [0.05, 0.1) is 11.5 Å². The first-order chi connectivity index (χ1) is 10.1. The topological polar surface area (TPSA) is 44.4 Å². The number of hydrogen-bond donors (Lipinski definition) is 2. The maximum Gasteiger partial charge on any atom is 0.227 e. The molecule has 2 heterocycles. The van der Waals surface area contributed by atoms with E-state index in [-0.39, 0.29) is 17.4 Å². The number of amides is 1. The highest BCUT2D eigenvalue weighted by Gasteiger charge is 2.37. The molecule has 0 aliphatic carbocycles. The van der Waals surface area contributed by atoms with Gasteiger partial charge < -0.3 is 15.5 Å². The van der Waals surface area contributed by atoms with Crippen molar-refractivity contribution >= 4 is 17.2 Å². The predicted molar refractivity (Wildman–Crippen MR) is 88.6 cm³/mol. The lowest BCUT2D eigenvalue weighted by Gasteiger charge is -2.36. The van der Waals surface area contributed by atoms with Crippen LogP contribution in [-0.4, -0.2) is 44.5 Å². The van der Waals surface area contributed by atoms with E-state index < -0.39 is 0 Å². The largest absolute Gasteiger partial charge is 0.354 e. The van der Waals surface area contributed by atoms with E-state index in [1.165, 1.54) is 4.88 Å². The smallest absolute Gasteiger partial charge is 0.227 e. The molecule has 4 nitrogen and oxygen atoms in total. The predicted octanol–water partition coefficient (Wildman–Crippen LogP) is 2.25. The molecular formula is C16H27N3OS. The molecular weight excluding hydrogens is 282 g/mol. The van der Waals surface area contributed by atoms with E-state index in [1.54, 1.807) is 11.3 Å². The Morgan fingerprint density at radius 2 is 2.38 bits per heavy atom. The molecule has 1 aromatic heterocycles. The summed E-state index contributed by atoms with van der Waals surface area (Å²) < 4.78 is 0. The molecule has 1 aromatic rings.